The van der Waals surface area contributed by atoms with Crippen LogP contribution in [0.5, 0.6) is 0 Å². The van der Waals surface area contributed by atoms with Gasteiger partial charge in [-0.3, -0.25) is 4.79 Å². The maximum Gasteiger partial charge on any atom is 0.241 e. The number of halogens is 1. The fourth-order valence-corrected chi connectivity index (χ4v) is 2.96. The molecule has 1 aliphatic heterocycles. The first kappa shape index (κ1) is 14.3. The van der Waals surface area contributed by atoms with E-state index in [9.17, 15) is 9.90 Å². The van der Waals surface area contributed by atoms with Crippen LogP contribution in [0.3, 0.4) is 0 Å². The monoisotopic (exact) mass is 326 g/mol. The molecular weight excluding hydrogens is 308 g/mol. The van der Waals surface area contributed by atoms with Crippen molar-refractivity contribution in [3.63, 3.8) is 0 Å². The summed E-state index contributed by atoms with van der Waals surface area (Å²) in [6.45, 7) is 3.83. The molecule has 0 aromatic heterocycles. The third-order valence-corrected chi connectivity index (χ3v) is 4.16. The van der Waals surface area contributed by atoms with Gasteiger partial charge in [0.25, 0.3) is 0 Å². The topological polar surface area (TPSA) is 43.8 Å². The Hall–Kier alpha value is -1.07. The Kier molecular flexibility index (Phi) is 4.47. The second-order valence-electron chi connectivity index (χ2n) is 4.97. The van der Waals surface area contributed by atoms with Gasteiger partial charge in [-0.25, -0.2) is 0 Å². The molecule has 1 aromatic carbocycles. The van der Waals surface area contributed by atoms with Crippen LogP contribution in [0.1, 0.15) is 25.0 Å². The second kappa shape index (κ2) is 5.92. The lowest BCUT2D eigenvalue weighted by Crippen LogP contribution is -2.34. The molecule has 1 heterocycles. The highest BCUT2D eigenvalue weighted by atomic mass is 79.9. The van der Waals surface area contributed by atoms with Gasteiger partial charge >= 0.3 is 0 Å². The summed E-state index contributed by atoms with van der Waals surface area (Å²) in [6.07, 6.45) is 0.471. The molecule has 1 amide bonds. The van der Waals surface area contributed by atoms with Crippen LogP contribution in [0.25, 0.3) is 0 Å². The summed E-state index contributed by atoms with van der Waals surface area (Å²) >= 11 is 3.48. The third-order valence-electron chi connectivity index (χ3n) is 3.47. The van der Waals surface area contributed by atoms with Gasteiger partial charge in [0, 0.05) is 30.3 Å². The highest BCUT2D eigenvalue weighted by Crippen LogP contribution is 2.28. The number of anilines is 1. The number of amides is 1. The van der Waals surface area contributed by atoms with E-state index in [1.807, 2.05) is 25.2 Å². The third kappa shape index (κ3) is 3.28. The number of hydrogen-bond donors (Lipinski definition) is 1. The molecule has 1 fully saturated rings. The van der Waals surface area contributed by atoms with Gasteiger partial charge in [0.1, 0.15) is 0 Å². The number of aliphatic hydroxyl groups excluding tert-OH is 1. The minimum Gasteiger partial charge on any atom is -0.389 e. The van der Waals surface area contributed by atoms with Crippen LogP contribution >= 0.6 is 15.9 Å². The van der Waals surface area contributed by atoms with Gasteiger partial charge in [-0.2, -0.15) is 0 Å². The molecule has 0 bridgehead atoms. The lowest BCUT2D eigenvalue weighted by molar-refractivity contribution is -0.127. The van der Waals surface area contributed by atoms with Crippen molar-refractivity contribution >= 4 is 27.5 Å². The fraction of sp³-hybridized carbons (Fsp3) is 0.500. The van der Waals surface area contributed by atoms with Gasteiger partial charge in [-0.05, 0) is 31.0 Å². The van der Waals surface area contributed by atoms with Crippen LogP contribution in [0.15, 0.2) is 22.7 Å². The number of carbonyl (C=O) groups excluding carboxylic acids is 1. The first-order valence-corrected chi connectivity index (χ1v) is 7.25. The Labute approximate surface area is 122 Å². The molecule has 4 nitrogen and oxygen atoms in total. The summed E-state index contributed by atoms with van der Waals surface area (Å²) in [4.78, 5) is 15.8. The molecule has 0 radical (unpaired) electrons. The van der Waals surface area contributed by atoms with Crippen LogP contribution < -0.4 is 4.90 Å². The largest absolute Gasteiger partial charge is 0.389 e. The van der Waals surface area contributed by atoms with E-state index in [1.165, 1.54) is 0 Å². The number of nitrogens with zero attached hydrogens (tertiary/aromatic N) is 2. The molecule has 5 heteroatoms. The minimum atomic E-state index is -0.500. The van der Waals surface area contributed by atoms with E-state index in [0.717, 1.165) is 35.2 Å². The number of carbonyl (C=O) groups is 1. The quantitative estimate of drug-likeness (QED) is 0.905. The van der Waals surface area contributed by atoms with Gasteiger partial charge < -0.3 is 14.9 Å². The van der Waals surface area contributed by atoms with Crippen molar-refractivity contribution in [3.05, 3.63) is 28.2 Å². The van der Waals surface area contributed by atoms with Gasteiger partial charge in [0.2, 0.25) is 5.91 Å². The van der Waals surface area contributed by atoms with Crippen molar-refractivity contribution in [2.24, 2.45) is 0 Å². The molecule has 1 saturated heterocycles. The lowest BCUT2D eigenvalue weighted by atomic mass is 10.1. The molecule has 0 spiro atoms. The van der Waals surface area contributed by atoms with E-state index in [1.54, 1.807) is 11.8 Å². The molecular formula is C14H19BrN2O2. The molecule has 1 atom stereocenters. The number of rotatable bonds is 2. The SMILES string of the molecule is C[C@@H](O)c1ccc(N2CCCN(C)C(=O)C2)cc1Br. The molecule has 0 saturated carbocycles. The van der Waals surface area contributed by atoms with Crippen LogP contribution in [0.4, 0.5) is 5.69 Å². The van der Waals surface area contributed by atoms with E-state index >= 15 is 0 Å². The zero-order valence-electron chi connectivity index (χ0n) is 11.3. The fourth-order valence-electron chi connectivity index (χ4n) is 2.26. The van der Waals surface area contributed by atoms with Crippen LogP contribution in [0, 0.1) is 0 Å². The van der Waals surface area contributed by atoms with Gasteiger partial charge in [-0.1, -0.05) is 22.0 Å². The minimum absolute atomic E-state index is 0.147. The predicted molar refractivity (Wildman–Crippen MR) is 79.2 cm³/mol. The molecule has 0 aliphatic carbocycles. The zero-order valence-corrected chi connectivity index (χ0v) is 12.9. The standard InChI is InChI=1S/C14H19BrN2O2/c1-10(18)12-5-4-11(8-13(12)15)17-7-3-6-16(2)14(19)9-17/h4-5,8,10,18H,3,6-7,9H2,1-2H3/t10-/m1/s1. The normalized spacial score (nSPS) is 18.4. The Balaban J connectivity index is 2.22. The van der Waals surface area contributed by atoms with Crippen LogP contribution in [0.2, 0.25) is 0 Å². The zero-order chi connectivity index (χ0) is 14.0. The highest BCUT2D eigenvalue weighted by molar-refractivity contribution is 9.10. The smallest absolute Gasteiger partial charge is 0.241 e. The molecule has 0 unspecified atom stereocenters. The van der Waals surface area contributed by atoms with Crippen molar-refractivity contribution in [1.29, 1.82) is 0 Å². The van der Waals surface area contributed by atoms with Crippen LogP contribution in [-0.2, 0) is 4.79 Å². The first-order chi connectivity index (χ1) is 8.99. The summed E-state index contributed by atoms with van der Waals surface area (Å²) in [6, 6.07) is 5.84. The van der Waals surface area contributed by atoms with E-state index in [4.69, 9.17) is 0 Å². The van der Waals surface area contributed by atoms with Crippen LogP contribution in [-0.4, -0.2) is 42.6 Å². The maximum atomic E-state index is 11.9. The molecule has 2 rings (SSSR count). The summed E-state index contributed by atoms with van der Waals surface area (Å²) in [7, 11) is 1.85. The van der Waals surface area contributed by atoms with Crippen molar-refractivity contribution in [2.45, 2.75) is 19.4 Å². The highest BCUT2D eigenvalue weighted by Gasteiger charge is 2.19. The molecule has 1 N–H and O–H groups in total. The van der Waals surface area contributed by atoms with Gasteiger partial charge in [-0.15, -0.1) is 0 Å². The lowest BCUT2D eigenvalue weighted by Gasteiger charge is -2.23. The Bertz CT molecular complexity index is 477. The Morgan fingerprint density at radius 3 is 2.74 bits per heavy atom. The average molecular weight is 327 g/mol. The Morgan fingerprint density at radius 1 is 1.37 bits per heavy atom. The average Bonchev–Trinajstić information content (AvgIpc) is 2.51. The maximum absolute atomic E-state index is 11.9. The van der Waals surface area contributed by atoms with Gasteiger partial charge in [0.05, 0.1) is 12.6 Å². The number of aliphatic hydroxyl groups is 1. The van der Waals surface area contributed by atoms with E-state index in [0.29, 0.717) is 6.54 Å². The van der Waals surface area contributed by atoms with Crippen molar-refractivity contribution in [3.8, 4) is 0 Å². The molecule has 1 aliphatic rings. The first-order valence-electron chi connectivity index (χ1n) is 6.45. The summed E-state index contributed by atoms with van der Waals surface area (Å²) in [5, 5.41) is 9.62. The Morgan fingerprint density at radius 2 is 2.11 bits per heavy atom. The summed E-state index contributed by atoms with van der Waals surface area (Å²) in [5.74, 6) is 0.147. The van der Waals surface area contributed by atoms with Crippen molar-refractivity contribution in [1.82, 2.24) is 4.90 Å². The predicted octanol–water partition coefficient (Wildman–Crippen LogP) is 2.17. The molecule has 1 aromatic rings. The number of hydrogen-bond acceptors (Lipinski definition) is 3. The molecule has 104 valence electrons. The summed E-state index contributed by atoms with van der Waals surface area (Å²) < 4.78 is 0.880. The van der Waals surface area contributed by atoms with E-state index < -0.39 is 6.10 Å². The van der Waals surface area contributed by atoms with E-state index in [-0.39, 0.29) is 5.91 Å². The molecule has 19 heavy (non-hydrogen) atoms. The van der Waals surface area contributed by atoms with Crippen molar-refractivity contribution in [2.75, 3.05) is 31.6 Å². The summed E-state index contributed by atoms with van der Waals surface area (Å²) in [5.41, 5.74) is 1.88. The van der Waals surface area contributed by atoms with E-state index in [2.05, 4.69) is 20.8 Å². The number of benzene rings is 1. The number of likely N-dealkylation sites (N-methyl/N-ethyl adjacent to an activating group) is 1. The van der Waals surface area contributed by atoms with Crippen molar-refractivity contribution < 1.29 is 9.90 Å². The second-order valence-corrected chi connectivity index (χ2v) is 5.83. The van der Waals surface area contributed by atoms with Gasteiger partial charge in [0.15, 0.2) is 0 Å².